The highest BCUT2D eigenvalue weighted by molar-refractivity contribution is 14.0. The highest BCUT2D eigenvalue weighted by Gasteiger charge is 2.01. The van der Waals surface area contributed by atoms with Gasteiger partial charge in [0.25, 0.3) is 0 Å². The lowest BCUT2D eigenvalue weighted by atomic mass is 10.3. The van der Waals surface area contributed by atoms with Gasteiger partial charge in [-0.2, -0.15) is 5.10 Å². The monoisotopic (exact) mass is 493 g/mol. The molecule has 0 aliphatic carbocycles. The van der Waals surface area contributed by atoms with Gasteiger partial charge in [-0.1, -0.05) is 15.9 Å². The molecule has 0 spiro atoms. The van der Waals surface area contributed by atoms with E-state index in [1.165, 1.54) is 0 Å². The van der Waals surface area contributed by atoms with Crippen LogP contribution in [-0.2, 0) is 13.6 Å². The van der Waals surface area contributed by atoms with Crippen LogP contribution >= 0.6 is 39.9 Å². The summed E-state index contributed by atoms with van der Waals surface area (Å²) in [6.45, 7) is 1.90. The zero-order valence-corrected chi connectivity index (χ0v) is 17.0. The van der Waals surface area contributed by atoms with Crippen LogP contribution in [0.5, 0.6) is 5.75 Å². The number of nitrogens with one attached hydrogen (secondary N) is 2. The third-order valence-electron chi connectivity index (χ3n) is 3.06. The standard InChI is InChI=1S/C15H20BrN5O.HI/c1-17-15(19-11-13-7-8-20-21(13)2)18-9-10-22-14-5-3-12(16)4-6-14;/h3-8H,9-11H2,1-2H3,(H2,17,18,19);1H. The number of hydrogen-bond donors (Lipinski definition) is 2. The summed E-state index contributed by atoms with van der Waals surface area (Å²) >= 11 is 3.40. The van der Waals surface area contributed by atoms with Crippen LogP contribution in [0.3, 0.4) is 0 Å². The van der Waals surface area contributed by atoms with Crippen LogP contribution in [0.15, 0.2) is 46.0 Å². The van der Waals surface area contributed by atoms with Gasteiger partial charge in [-0.3, -0.25) is 9.67 Å². The zero-order chi connectivity index (χ0) is 15.8. The first-order chi connectivity index (χ1) is 10.7. The molecule has 0 atom stereocenters. The molecule has 1 aromatic heterocycles. The second-order valence-corrected chi connectivity index (χ2v) is 5.52. The van der Waals surface area contributed by atoms with Gasteiger partial charge in [0.15, 0.2) is 5.96 Å². The number of aryl methyl sites for hydroxylation is 1. The van der Waals surface area contributed by atoms with Crippen LogP contribution in [0, 0.1) is 0 Å². The Balaban J connectivity index is 0.00000264. The smallest absolute Gasteiger partial charge is 0.191 e. The molecule has 0 saturated carbocycles. The molecule has 2 N–H and O–H groups in total. The summed E-state index contributed by atoms with van der Waals surface area (Å²) in [5.41, 5.74) is 1.09. The van der Waals surface area contributed by atoms with E-state index in [1.54, 1.807) is 13.2 Å². The van der Waals surface area contributed by atoms with Crippen LogP contribution in [-0.4, -0.2) is 35.9 Å². The van der Waals surface area contributed by atoms with Gasteiger partial charge in [-0.15, -0.1) is 24.0 Å². The molecular formula is C15H21BrIN5O. The van der Waals surface area contributed by atoms with E-state index in [0.29, 0.717) is 19.7 Å². The molecule has 1 heterocycles. The van der Waals surface area contributed by atoms with E-state index in [1.807, 2.05) is 42.1 Å². The number of benzene rings is 1. The maximum Gasteiger partial charge on any atom is 0.191 e. The molecule has 8 heteroatoms. The van der Waals surface area contributed by atoms with Crippen molar-refractivity contribution in [3.8, 4) is 5.75 Å². The van der Waals surface area contributed by atoms with Crippen LogP contribution in [0.1, 0.15) is 5.69 Å². The van der Waals surface area contributed by atoms with Crippen molar-refractivity contribution in [2.24, 2.45) is 12.0 Å². The Bertz CT molecular complexity index is 615. The molecular weight excluding hydrogens is 473 g/mol. The summed E-state index contributed by atoms with van der Waals surface area (Å²) in [7, 11) is 3.66. The summed E-state index contributed by atoms with van der Waals surface area (Å²) in [4.78, 5) is 4.18. The number of aromatic nitrogens is 2. The number of halogens is 2. The average molecular weight is 494 g/mol. The largest absolute Gasteiger partial charge is 0.492 e. The van der Waals surface area contributed by atoms with E-state index in [-0.39, 0.29) is 24.0 Å². The molecule has 2 rings (SSSR count). The Labute approximate surface area is 161 Å². The van der Waals surface area contributed by atoms with E-state index in [0.717, 1.165) is 21.9 Å². The van der Waals surface area contributed by atoms with E-state index in [2.05, 4.69) is 36.7 Å². The molecule has 0 aliphatic rings. The van der Waals surface area contributed by atoms with Crippen LogP contribution in [0.2, 0.25) is 0 Å². The van der Waals surface area contributed by atoms with Crippen molar-refractivity contribution in [1.29, 1.82) is 0 Å². The van der Waals surface area contributed by atoms with Gasteiger partial charge in [0.05, 0.1) is 18.8 Å². The zero-order valence-electron chi connectivity index (χ0n) is 13.1. The van der Waals surface area contributed by atoms with Crippen molar-refractivity contribution in [1.82, 2.24) is 20.4 Å². The van der Waals surface area contributed by atoms with E-state index in [4.69, 9.17) is 4.74 Å². The minimum absolute atomic E-state index is 0. The van der Waals surface area contributed by atoms with Gasteiger partial charge in [-0.05, 0) is 30.3 Å². The summed E-state index contributed by atoms with van der Waals surface area (Å²) < 4.78 is 8.52. The SMILES string of the molecule is CN=C(NCCOc1ccc(Br)cc1)NCc1ccnn1C.I. The summed E-state index contributed by atoms with van der Waals surface area (Å²) in [5.74, 6) is 1.59. The second kappa shape index (κ2) is 10.5. The van der Waals surface area contributed by atoms with E-state index >= 15 is 0 Å². The van der Waals surface area contributed by atoms with Gasteiger partial charge >= 0.3 is 0 Å². The van der Waals surface area contributed by atoms with Crippen LogP contribution < -0.4 is 15.4 Å². The van der Waals surface area contributed by atoms with Crippen LogP contribution in [0.4, 0.5) is 0 Å². The van der Waals surface area contributed by atoms with Gasteiger partial charge in [0.1, 0.15) is 12.4 Å². The number of guanidine groups is 1. The third kappa shape index (κ3) is 6.78. The fraction of sp³-hybridized carbons (Fsp3) is 0.333. The first-order valence-corrected chi connectivity index (χ1v) is 7.78. The lowest BCUT2D eigenvalue weighted by Gasteiger charge is -2.12. The Morgan fingerprint density at radius 3 is 2.61 bits per heavy atom. The molecule has 2 aromatic rings. The number of rotatable bonds is 6. The molecule has 6 nitrogen and oxygen atoms in total. The van der Waals surface area contributed by atoms with Crippen molar-refractivity contribution in [2.45, 2.75) is 6.54 Å². The summed E-state index contributed by atoms with van der Waals surface area (Å²) in [5, 5.41) is 10.6. The topological polar surface area (TPSA) is 63.5 Å². The van der Waals surface area contributed by atoms with Crippen molar-refractivity contribution in [3.63, 3.8) is 0 Å². The molecule has 0 radical (unpaired) electrons. The third-order valence-corrected chi connectivity index (χ3v) is 3.59. The van der Waals surface area contributed by atoms with E-state index in [9.17, 15) is 0 Å². The molecule has 0 saturated heterocycles. The molecule has 126 valence electrons. The van der Waals surface area contributed by atoms with Crippen molar-refractivity contribution in [2.75, 3.05) is 20.2 Å². The first-order valence-electron chi connectivity index (χ1n) is 6.99. The number of hydrogen-bond acceptors (Lipinski definition) is 3. The predicted octanol–water partition coefficient (Wildman–Crippen LogP) is 2.54. The predicted molar refractivity (Wildman–Crippen MR) is 106 cm³/mol. The first kappa shape index (κ1) is 19.8. The lowest BCUT2D eigenvalue weighted by Crippen LogP contribution is -2.39. The highest BCUT2D eigenvalue weighted by Crippen LogP contribution is 2.15. The normalized spacial score (nSPS) is 10.8. The van der Waals surface area contributed by atoms with Gasteiger partial charge in [0, 0.05) is 24.8 Å². The number of nitrogens with zero attached hydrogens (tertiary/aromatic N) is 3. The minimum atomic E-state index is 0. The maximum absolute atomic E-state index is 5.65. The number of aliphatic imine (C=N–C) groups is 1. The van der Waals surface area contributed by atoms with Gasteiger partial charge < -0.3 is 15.4 Å². The second-order valence-electron chi connectivity index (χ2n) is 4.60. The average Bonchev–Trinajstić information content (AvgIpc) is 2.93. The van der Waals surface area contributed by atoms with Gasteiger partial charge in [0.2, 0.25) is 0 Å². The molecule has 23 heavy (non-hydrogen) atoms. The maximum atomic E-state index is 5.65. The molecule has 0 bridgehead atoms. The number of ether oxygens (including phenoxy) is 1. The Hall–Kier alpha value is -1.29. The van der Waals surface area contributed by atoms with Gasteiger partial charge in [-0.25, -0.2) is 0 Å². The molecule has 1 aromatic carbocycles. The van der Waals surface area contributed by atoms with Crippen molar-refractivity contribution < 1.29 is 4.74 Å². The fourth-order valence-corrected chi connectivity index (χ4v) is 2.10. The molecule has 0 aliphatic heterocycles. The Morgan fingerprint density at radius 1 is 1.26 bits per heavy atom. The lowest BCUT2D eigenvalue weighted by molar-refractivity contribution is 0.322. The Kier molecular flexibility index (Phi) is 9.00. The molecule has 0 amide bonds. The van der Waals surface area contributed by atoms with Crippen molar-refractivity contribution in [3.05, 3.63) is 46.7 Å². The minimum Gasteiger partial charge on any atom is -0.492 e. The quantitative estimate of drug-likeness (QED) is 0.281. The van der Waals surface area contributed by atoms with E-state index < -0.39 is 0 Å². The van der Waals surface area contributed by atoms with Crippen molar-refractivity contribution >= 4 is 45.9 Å². The van der Waals surface area contributed by atoms with Crippen LogP contribution in [0.25, 0.3) is 0 Å². The fourth-order valence-electron chi connectivity index (χ4n) is 1.84. The highest BCUT2D eigenvalue weighted by atomic mass is 127. The summed E-state index contributed by atoms with van der Waals surface area (Å²) in [6.07, 6.45) is 1.78. The molecule has 0 unspecified atom stereocenters. The summed E-state index contributed by atoms with van der Waals surface area (Å²) in [6, 6.07) is 9.74. The molecule has 0 fully saturated rings. The Morgan fingerprint density at radius 2 is 2.00 bits per heavy atom.